The van der Waals surface area contributed by atoms with Gasteiger partial charge in [-0.2, -0.15) is 0 Å². The molecule has 0 saturated carbocycles. The second kappa shape index (κ2) is 12.4. The Bertz CT molecular complexity index is 130. The summed E-state index contributed by atoms with van der Waals surface area (Å²) in [5.41, 5.74) is 0. The second-order valence-corrected chi connectivity index (χ2v) is 4.65. The van der Waals surface area contributed by atoms with Crippen LogP contribution in [0, 0.1) is 0 Å². The van der Waals surface area contributed by atoms with E-state index in [0.29, 0.717) is 0 Å². The molecule has 13 heavy (non-hydrogen) atoms. The summed E-state index contributed by atoms with van der Waals surface area (Å²) < 4.78 is 68.9. The molecule has 0 aliphatic heterocycles. The van der Waals surface area contributed by atoms with Crippen molar-refractivity contribution in [3.8, 4) is 0 Å². The van der Waals surface area contributed by atoms with Gasteiger partial charge in [-0.1, -0.05) is 0 Å². The largest absolute Gasteiger partial charge is 2.00 e. The van der Waals surface area contributed by atoms with Crippen LogP contribution in [0.2, 0.25) is 0 Å². The monoisotopic (exact) mass is 470 g/mol. The first-order chi connectivity index (χ1) is 4.00. The van der Waals surface area contributed by atoms with E-state index in [1.54, 1.807) is 0 Å². The molecule has 0 fully saturated rings. The van der Waals surface area contributed by atoms with E-state index >= 15 is 0 Å². The maximum absolute atomic E-state index is 8.61. The van der Waals surface area contributed by atoms with Gasteiger partial charge in [-0.15, -0.1) is 0 Å². The Balaban J connectivity index is -0.0000000267. The Morgan fingerprint density at radius 2 is 0.538 bits per heavy atom. The number of hydrogen-bond acceptors (Lipinski definition) is 8. The summed E-state index contributed by atoms with van der Waals surface area (Å²) in [6.45, 7) is 0. The minimum absolute atomic E-state index is 0. The zero-order chi connectivity index (χ0) is 9.00. The van der Waals surface area contributed by atoms with Gasteiger partial charge in [0.05, 0.1) is 0 Å². The molecule has 0 atom stereocenters. The summed E-state index contributed by atoms with van der Waals surface area (Å²) in [7, 11) is 0. The van der Waals surface area contributed by atoms with Crippen molar-refractivity contribution < 1.29 is 90.5 Å². The van der Waals surface area contributed by atoms with E-state index in [4.69, 9.17) is 32.1 Å². The van der Waals surface area contributed by atoms with E-state index < -0.39 is 29.0 Å². The van der Waals surface area contributed by atoms with Crippen LogP contribution in [0.4, 0.5) is 0 Å². The summed E-state index contributed by atoms with van der Waals surface area (Å²) in [4.78, 5) is 0. The van der Waals surface area contributed by atoms with Gasteiger partial charge in [0, 0.05) is 0 Å². The van der Waals surface area contributed by atoms with E-state index in [9.17, 15) is 0 Å². The van der Waals surface area contributed by atoms with Crippen LogP contribution in [-0.4, -0.2) is 29.0 Å². The zero-order valence-electron chi connectivity index (χ0n) is 6.28. The molecule has 13 heteroatoms. The van der Waals surface area contributed by atoms with Crippen molar-refractivity contribution in [3.63, 3.8) is 0 Å². The third-order valence-corrected chi connectivity index (χ3v) is 0. The molecule has 0 N–H and O–H groups in total. The van der Waals surface area contributed by atoms with Gasteiger partial charge in [0.25, 0.3) is 0 Å². The zero-order valence-corrected chi connectivity index (χ0v) is 18.9. The van der Waals surface area contributed by atoms with Gasteiger partial charge in [-0.05, 0) is 0 Å². The molecule has 0 spiro atoms. The molecule has 0 bridgehead atoms. The van der Waals surface area contributed by atoms with E-state index in [2.05, 4.69) is 0 Å². The fourth-order valence-corrected chi connectivity index (χ4v) is 0. The average Bonchev–Trinajstić information content (AvgIpc) is 1.12. The maximum atomic E-state index is 8.61. The SMILES string of the molecule is O=[As]([O-])([O-])[O-].O=[As]([O-])([O-])[O-].[Zn+2].[Zn+2].[Zn+2]. The molecule has 0 aromatic heterocycles. The van der Waals surface area contributed by atoms with Crippen LogP contribution in [0.1, 0.15) is 0 Å². The van der Waals surface area contributed by atoms with Gasteiger partial charge < -0.3 is 0 Å². The molecule has 0 saturated heterocycles. The topological polar surface area (TPSA) is 172 Å². The smallest absolute Gasteiger partial charge is 2.00 e. The molecule has 0 amide bonds. The molecule has 0 aliphatic rings. The molecular weight excluding hydrogens is 474 g/mol. The molecule has 0 rings (SSSR count). The first kappa shape index (κ1) is 29.5. The van der Waals surface area contributed by atoms with Crippen LogP contribution in [0.5, 0.6) is 0 Å². The van der Waals surface area contributed by atoms with Crippen molar-refractivity contribution in [2.75, 3.05) is 0 Å². The van der Waals surface area contributed by atoms with Gasteiger partial charge in [0.2, 0.25) is 0 Å². The van der Waals surface area contributed by atoms with Gasteiger partial charge in [-0.3, -0.25) is 0 Å². The van der Waals surface area contributed by atoms with Gasteiger partial charge in [-0.25, -0.2) is 0 Å². The first-order valence-corrected chi connectivity index (χ1v) is 7.59. The van der Waals surface area contributed by atoms with Crippen molar-refractivity contribution in [1.82, 2.24) is 0 Å². The van der Waals surface area contributed by atoms with Crippen molar-refractivity contribution in [1.29, 1.82) is 0 Å². The number of hydrogen-bond donors (Lipinski definition) is 0. The van der Waals surface area contributed by atoms with Crippen LogP contribution < -0.4 is 24.6 Å². The fraction of sp³-hybridized carbons (Fsp3) is 0. The average molecular weight is 474 g/mol. The standard InChI is InChI=1S/2AsH3O4.3Zn/c2*2-1(3,4)5;;;/h2*(H3,2,3,4,5);;;/q;;3*+2/p-6. The van der Waals surface area contributed by atoms with Crippen molar-refractivity contribution >= 4 is 29.0 Å². The van der Waals surface area contributed by atoms with Crippen LogP contribution in [0.15, 0.2) is 0 Å². The van der Waals surface area contributed by atoms with E-state index in [1.165, 1.54) is 0 Å². The third-order valence-electron chi connectivity index (χ3n) is 0. The Hall–Kier alpha value is 2.35. The Kier molecular flexibility index (Phi) is 28.2. The van der Waals surface area contributed by atoms with Crippen molar-refractivity contribution in [2.24, 2.45) is 0 Å². The maximum Gasteiger partial charge on any atom is 2.00 e. The van der Waals surface area contributed by atoms with E-state index in [0.717, 1.165) is 0 Å². The van der Waals surface area contributed by atoms with Gasteiger partial charge >= 0.3 is 120 Å². The normalized spacial score (nSPS) is 9.08. The van der Waals surface area contributed by atoms with Gasteiger partial charge in [0.15, 0.2) is 0 Å². The Labute approximate surface area is 118 Å². The summed E-state index contributed by atoms with van der Waals surface area (Å²) in [6, 6.07) is 0. The Morgan fingerprint density at radius 1 is 0.538 bits per heavy atom. The minimum atomic E-state index is -5.88. The number of rotatable bonds is 0. The van der Waals surface area contributed by atoms with Crippen LogP contribution >= 0.6 is 0 Å². The second-order valence-electron chi connectivity index (χ2n) is 0.894. The summed E-state index contributed by atoms with van der Waals surface area (Å²) in [6.07, 6.45) is 0. The molecule has 64 valence electrons. The summed E-state index contributed by atoms with van der Waals surface area (Å²) in [5.74, 6) is 0. The molecule has 0 radical (unpaired) electrons. The molecule has 0 aromatic rings. The predicted molar refractivity (Wildman–Crippen MR) is 12.9 cm³/mol. The molecule has 0 aliphatic carbocycles. The Morgan fingerprint density at radius 3 is 0.538 bits per heavy atom. The molecular formula is As2O8Zn3. The third kappa shape index (κ3) is 397. The van der Waals surface area contributed by atoms with Crippen LogP contribution in [0.3, 0.4) is 0 Å². The van der Waals surface area contributed by atoms with Crippen LogP contribution in [-0.2, 0) is 65.9 Å². The van der Waals surface area contributed by atoms with E-state index in [1.807, 2.05) is 0 Å². The van der Waals surface area contributed by atoms with Crippen molar-refractivity contribution in [3.05, 3.63) is 0 Å². The first-order valence-electron chi connectivity index (χ1n) is 1.46. The molecule has 0 unspecified atom stereocenters. The summed E-state index contributed by atoms with van der Waals surface area (Å²) in [5, 5.41) is 0. The quantitative estimate of drug-likeness (QED) is 0.312. The summed E-state index contributed by atoms with van der Waals surface area (Å²) >= 11 is -11.8. The van der Waals surface area contributed by atoms with Crippen LogP contribution in [0.25, 0.3) is 0 Å². The molecule has 0 aromatic carbocycles. The predicted octanol–water partition coefficient (Wildman–Crippen LogP) is -8.14. The van der Waals surface area contributed by atoms with Crippen molar-refractivity contribution in [2.45, 2.75) is 0 Å². The molecule has 8 nitrogen and oxygen atoms in total. The fourth-order valence-electron chi connectivity index (χ4n) is 0. The van der Waals surface area contributed by atoms with Gasteiger partial charge in [0.1, 0.15) is 0 Å². The molecule has 0 heterocycles. The van der Waals surface area contributed by atoms with E-state index in [-0.39, 0.29) is 58.4 Å². The minimum Gasteiger partial charge on any atom is 2.00 e.